The van der Waals surface area contributed by atoms with Crippen LogP contribution < -0.4 is 5.32 Å². The molecule has 2 aromatic rings. The summed E-state index contributed by atoms with van der Waals surface area (Å²) in [5, 5.41) is 12.8. The number of halogens is 1. The Morgan fingerprint density at radius 3 is 1.60 bits per heavy atom. The Labute approximate surface area is 268 Å². The van der Waals surface area contributed by atoms with Gasteiger partial charge in [0, 0.05) is 0 Å². The standard InChI is InChI=1S/C34H53ClNO3PS2/c1-4-7-26-40(35,27-8-5-2,28-9-6-3)29-16-25-36-32(37)21-23-34(24-22-33(38)39,41-30-17-12-10-13-18-30)42-31-19-14-11-15-20-31/h10-15,17-20H,4-9,16,21-29H2,1-3H3,(H,36,37)(H,38,39). The number of aliphatic carboxylic acids is 1. The predicted octanol–water partition coefficient (Wildman–Crippen LogP) is 10.5. The molecule has 0 fully saturated rings. The van der Waals surface area contributed by atoms with E-state index in [-0.39, 0.29) is 12.3 Å². The Bertz CT molecular complexity index is 991. The molecule has 0 aliphatic carbocycles. The Balaban J connectivity index is 2.10. The molecule has 2 rings (SSSR count). The quantitative estimate of drug-likeness (QED) is 0.0541. The zero-order valence-corrected chi connectivity index (χ0v) is 29.3. The van der Waals surface area contributed by atoms with E-state index in [2.05, 4.69) is 50.4 Å². The topological polar surface area (TPSA) is 66.4 Å². The van der Waals surface area contributed by atoms with E-state index in [0.29, 0.717) is 25.8 Å². The summed E-state index contributed by atoms with van der Waals surface area (Å²) in [6.45, 7) is 7.40. The van der Waals surface area contributed by atoms with Crippen molar-refractivity contribution in [3.8, 4) is 0 Å². The van der Waals surface area contributed by atoms with E-state index in [9.17, 15) is 14.7 Å². The van der Waals surface area contributed by atoms with Gasteiger partial charge >= 0.3 is 258 Å². The van der Waals surface area contributed by atoms with E-state index in [1.807, 2.05) is 36.4 Å². The first-order valence-electron chi connectivity index (χ1n) is 15.8. The van der Waals surface area contributed by atoms with Crippen molar-refractivity contribution in [3.05, 3.63) is 60.7 Å². The van der Waals surface area contributed by atoms with Crippen molar-refractivity contribution in [1.82, 2.24) is 5.32 Å². The summed E-state index contributed by atoms with van der Waals surface area (Å²) in [6.07, 6.45) is 14.0. The number of carbonyl (C=O) groups is 2. The Morgan fingerprint density at radius 1 is 0.738 bits per heavy atom. The number of carboxylic acid groups (broad SMARTS) is 1. The first-order chi connectivity index (χ1) is 20.2. The average Bonchev–Trinajstić information content (AvgIpc) is 3.00. The van der Waals surface area contributed by atoms with E-state index in [1.54, 1.807) is 23.5 Å². The van der Waals surface area contributed by atoms with Crippen LogP contribution in [0.15, 0.2) is 70.5 Å². The molecule has 42 heavy (non-hydrogen) atoms. The second kappa shape index (κ2) is 19.2. The van der Waals surface area contributed by atoms with E-state index in [0.717, 1.165) is 40.9 Å². The Morgan fingerprint density at radius 2 is 1.17 bits per heavy atom. The van der Waals surface area contributed by atoms with Crippen molar-refractivity contribution in [3.63, 3.8) is 0 Å². The third-order valence-electron chi connectivity index (χ3n) is 7.97. The molecule has 1 amide bonds. The first kappa shape index (κ1) is 37.0. The molecule has 0 aromatic heterocycles. The van der Waals surface area contributed by atoms with E-state index in [1.165, 1.54) is 38.5 Å². The fraction of sp³-hybridized carbons (Fsp3) is 0.588. The fourth-order valence-electron chi connectivity index (χ4n) is 5.48. The van der Waals surface area contributed by atoms with Gasteiger partial charge in [0.15, 0.2) is 0 Å². The molecule has 0 heterocycles. The number of hydrogen-bond acceptors (Lipinski definition) is 4. The van der Waals surface area contributed by atoms with Crippen molar-refractivity contribution in [2.24, 2.45) is 0 Å². The Kier molecular flexibility index (Phi) is 16.9. The summed E-state index contributed by atoms with van der Waals surface area (Å²) in [5.74, 6) is -3.11. The molecule has 0 bridgehead atoms. The summed E-state index contributed by atoms with van der Waals surface area (Å²) >= 11 is 11.1. The number of benzene rings is 2. The minimum atomic E-state index is -2.32. The molecule has 0 spiro atoms. The summed E-state index contributed by atoms with van der Waals surface area (Å²) in [6, 6.07) is 20.2. The van der Waals surface area contributed by atoms with Crippen molar-refractivity contribution in [2.45, 2.75) is 105 Å². The molecular weight excluding hydrogens is 601 g/mol. The van der Waals surface area contributed by atoms with Crippen LogP contribution in [0.3, 0.4) is 0 Å². The third kappa shape index (κ3) is 13.6. The summed E-state index contributed by atoms with van der Waals surface area (Å²) < 4.78 is -0.485. The summed E-state index contributed by atoms with van der Waals surface area (Å²) in [5.41, 5.74) is 0. The van der Waals surface area contributed by atoms with Crippen LogP contribution in [0.1, 0.15) is 91.4 Å². The van der Waals surface area contributed by atoms with Crippen LogP contribution in [0, 0.1) is 0 Å². The molecule has 0 aliphatic rings. The fourth-order valence-corrected chi connectivity index (χ4v) is 15.5. The van der Waals surface area contributed by atoms with Crippen molar-refractivity contribution in [2.75, 3.05) is 31.2 Å². The second-order valence-electron chi connectivity index (χ2n) is 11.6. The molecule has 0 atom stereocenters. The monoisotopic (exact) mass is 653 g/mol. The average molecular weight is 654 g/mol. The number of rotatable bonds is 23. The number of thioether (sulfide) groups is 2. The van der Waals surface area contributed by atoms with Crippen LogP contribution in [0.5, 0.6) is 0 Å². The van der Waals surface area contributed by atoms with Crippen molar-refractivity contribution >= 4 is 52.6 Å². The number of carboxylic acids is 1. The minimum absolute atomic E-state index is 0.0302. The molecular formula is C34H53ClNO3PS2. The van der Waals surface area contributed by atoms with Crippen LogP contribution >= 0.6 is 40.7 Å². The van der Waals surface area contributed by atoms with Crippen LogP contribution in [0.4, 0.5) is 0 Å². The molecule has 4 nitrogen and oxygen atoms in total. The number of amides is 1. The van der Waals surface area contributed by atoms with Crippen LogP contribution in [0.2, 0.25) is 0 Å². The van der Waals surface area contributed by atoms with E-state index < -0.39 is 16.0 Å². The van der Waals surface area contributed by atoms with Gasteiger partial charge in [0.1, 0.15) is 0 Å². The van der Waals surface area contributed by atoms with Gasteiger partial charge in [0.25, 0.3) is 0 Å². The Hall–Kier alpha value is -1.20. The number of unbranched alkanes of at least 4 members (excludes halogenated alkanes) is 3. The molecule has 0 aliphatic heterocycles. The number of nitrogens with one attached hydrogen (secondary N) is 1. The summed E-state index contributed by atoms with van der Waals surface area (Å²) in [7, 11) is 0. The van der Waals surface area contributed by atoms with Gasteiger partial charge in [-0.15, -0.1) is 0 Å². The van der Waals surface area contributed by atoms with Crippen molar-refractivity contribution < 1.29 is 14.7 Å². The molecule has 0 saturated carbocycles. The maximum absolute atomic E-state index is 13.2. The zero-order valence-electron chi connectivity index (χ0n) is 26.0. The predicted molar refractivity (Wildman–Crippen MR) is 188 cm³/mol. The maximum atomic E-state index is 13.2. The SMILES string of the molecule is CCCCP(Cl)(CCCC)(CCCC)CCCNC(=O)CCC(CCC(=O)O)(Sc1ccccc1)Sc1ccccc1. The molecule has 0 radical (unpaired) electrons. The van der Waals surface area contributed by atoms with Crippen LogP contribution in [0.25, 0.3) is 0 Å². The van der Waals surface area contributed by atoms with Gasteiger partial charge in [-0.2, -0.15) is 0 Å². The van der Waals surface area contributed by atoms with Gasteiger partial charge in [-0.05, 0) is 0 Å². The van der Waals surface area contributed by atoms with E-state index in [4.69, 9.17) is 11.2 Å². The molecule has 2 N–H and O–H groups in total. The van der Waals surface area contributed by atoms with Gasteiger partial charge in [0.2, 0.25) is 0 Å². The van der Waals surface area contributed by atoms with E-state index >= 15 is 0 Å². The van der Waals surface area contributed by atoms with Gasteiger partial charge in [-0.25, -0.2) is 0 Å². The van der Waals surface area contributed by atoms with Gasteiger partial charge in [0.05, 0.1) is 0 Å². The van der Waals surface area contributed by atoms with Gasteiger partial charge in [-0.1, -0.05) is 12.1 Å². The number of hydrogen-bond donors (Lipinski definition) is 2. The zero-order chi connectivity index (χ0) is 30.8. The number of carbonyl (C=O) groups excluding carboxylic acids is 1. The molecule has 2 aromatic carbocycles. The second-order valence-corrected chi connectivity index (χ2v) is 23.1. The van der Waals surface area contributed by atoms with Gasteiger partial charge in [-0.3, -0.25) is 0 Å². The van der Waals surface area contributed by atoms with Gasteiger partial charge < -0.3 is 0 Å². The van der Waals surface area contributed by atoms with Crippen molar-refractivity contribution in [1.29, 1.82) is 0 Å². The third-order valence-corrected chi connectivity index (χ3v) is 18.8. The molecule has 0 unspecified atom stereocenters. The molecule has 236 valence electrons. The van der Waals surface area contributed by atoms with Crippen LogP contribution in [-0.2, 0) is 9.59 Å². The van der Waals surface area contributed by atoms with Crippen LogP contribution in [-0.4, -0.2) is 52.3 Å². The normalized spacial score (nSPS) is 12.9. The first-order valence-corrected chi connectivity index (χ1v) is 21.4. The molecule has 8 heteroatoms. The summed E-state index contributed by atoms with van der Waals surface area (Å²) in [4.78, 5) is 27.0. The molecule has 0 saturated heterocycles.